The number of aromatic nitrogens is 5. The summed E-state index contributed by atoms with van der Waals surface area (Å²) in [6, 6.07) is 10.4. The SMILES string of the molecule is Fc1ccc2[nH]c(-c3ccc(-n4cncn4)nc3)cc2c1. The highest BCUT2D eigenvalue weighted by Gasteiger charge is 2.06. The maximum absolute atomic E-state index is 13.2. The summed E-state index contributed by atoms with van der Waals surface area (Å²) >= 11 is 0. The minimum Gasteiger partial charge on any atom is -0.354 e. The molecule has 0 unspecified atom stereocenters. The van der Waals surface area contributed by atoms with Crippen LogP contribution >= 0.6 is 0 Å². The number of halogens is 1. The fourth-order valence-electron chi connectivity index (χ4n) is 2.27. The van der Waals surface area contributed by atoms with Gasteiger partial charge in [-0.1, -0.05) is 0 Å². The number of pyridine rings is 1. The first kappa shape index (κ1) is 11.8. The van der Waals surface area contributed by atoms with Crippen molar-refractivity contribution >= 4 is 10.9 Å². The van der Waals surface area contributed by atoms with Gasteiger partial charge in [0.15, 0.2) is 5.82 Å². The van der Waals surface area contributed by atoms with Crippen molar-refractivity contribution in [2.45, 2.75) is 0 Å². The molecule has 0 atom stereocenters. The molecule has 0 saturated carbocycles. The van der Waals surface area contributed by atoms with Gasteiger partial charge in [0.05, 0.1) is 0 Å². The van der Waals surface area contributed by atoms with Gasteiger partial charge in [-0.25, -0.2) is 19.0 Å². The van der Waals surface area contributed by atoms with Crippen LogP contribution < -0.4 is 0 Å². The fraction of sp³-hybridized carbons (Fsp3) is 0. The van der Waals surface area contributed by atoms with Gasteiger partial charge < -0.3 is 4.98 Å². The largest absolute Gasteiger partial charge is 0.354 e. The molecule has 3 aromatic heterocycles. The number of aromatic amines is 1. The molecule has 0 spiro atoms. The zero-order valence-electron chi connectivity index (χ0n) is 10.9. The average molecular weight is 279 g/mol. The van der Waals surface area contributed by atoms with Crippen molar-refractivity contribution in [3.8, 4) is 17.1 Å². The standard InChI is InChI=1S/C15H10FN5/c16-12-2-3-13-11(5-12)6-14(20-13)10-1-4-15(18-7-10)21-9-17-8-19-21/h1-9,20H. The van der Waals surface area contributed by atoms with Gasteiger partial charge >= 0.3 is 0 Å². The van der Waals surface area contributed by atoms with Crippen molar-refractivity contribution in [2.75, 3.05) is 0 Å². The highest BCUT2D eigenvalue weighted by atomic mass is 19.1. The zero-order chi connectivity index (χ0) is 14.2. The van der Waals surface area contributed by atoms with Crippen LogP contribution in [0.25, 0.3) is 28.0 Å². The molecule has 0 aliphatic heterocycles. The molecule has 102 valence electrons. The predicted molar refractivity (Wildman–Crippen MR) is 76.4 cm³/mol. The molecule has 4 aromatic rings. The first-order valence-corrected chi connectivity index (χ1v) is 6.39. The van der Waals surface area contributed by atoms with Gasteiger partial charge in [-0.2, -0.15) is 5.10 Å². The summed E-state index contributed by atoms with van der Waals surface area (Å²) in [7, 11) is 0. The summed E-state index contributed by atoms with van der Waals surface area (Å²) in [6.07, 6.45) is 4.80. The molecule has 5 nitrogen and oxygen atoms in total. The number of fused-ring (bicyclic) bond motifs is 1. The van der Waals surface area contributed by atoms with E-state index in [2.05, 4.69) is 20.1 Å². The summed E-state index contributed by atoms with van der Waals surface area (Å²) in [5.41, 5.74) is 2.72. The van der Waals surface area contributed by atoms with E-state index < -0.39 is 0 Å². The van der Waals surface area contributed by atoms with Crippen LogP contribution in [0, 0.1) is 5.82 Å². The third kappa shape index (κ3) is 2.06. The second-order valence-corrected chi connectivity index (χ2v) is 4.66. The van der Waals surface area contributed by atoms with Gasteiger partial charge in [-0.3, -0.25) is 0 Å². The molecule has 1 aromatic carbocycles. The van der Waals surface area contributed by atoms with E-state index in [1.807, 2.05) is 18.2 Å². The van der Waals surface area contributed by atoms with Gasteiger partial charge in [-0.15, -0.1) is 0 Å². The van der Waals surface area contributed by atoms with Gasteiger partial charge in [0.1, 0.15) is 18.5 Å². The minimum atomic E-state index is -0.243. The topological polar surface area (TPSA) is 59.4 Å². The van der Waals surface area contributed by atoms with E-state index in [-0.39, 0.29) is 5.82 Å². The number of nitrogens with zero attached hydrogens (tertiary/aromatic N) is 4. The molecule has 0 amide bonds. The molecule has 4 rings (SSSR count). The molecule has 0 bridgehead atoms. The Hall–Kier alpha value is -3.02. The van der Waals surface area contributed by atoms with E-state index in [1.54, 1.807) is 23.3 Å². The Morgan fingerprint density at radius 1 is 1.10 bits per heavy atom. The minimum absolute atomic E-state index is 0.243. The summed E-state index contributed by atoms with van der Waals surface area (Å²) in [5, 5.41) is 4.87. The van der Waals surface area contributed by atoms with E-state index in [0.29, 0.717) is 5.82 Å². The van der Waals surface area contributed by atoms with Gasteiger partial charge in [0.2, 0.25) is 0 Å². The van der Waals surface area contributed by atoms with E-state index in [4.69, 9.17) is 0 Å². The number of rotatable bonds is 2. The number of nitrogens with one attached hydrogen (secondary N) is 1. The molecule has 0 aliphatic carbocycles. The number of hydrogen-bond donors (Lipinski definition) is 1. The highest BCUT2D eigenvalue weighted by molar-refractivity contribution is 5.85. The van der Waals surface area contributed by atoms with Crippen LogP contribution in [0.15, 0.2) is 55.2 Å². The van der Waals surface area contributed by atoms with Crippen LogP contribution in [0.4, 0.5) is 4.39 Å². The lowest BCUT2D eigenvalue weighted by atomic mass is 10.2. The van der Waals surface area contributed by atoms with Crippen molar-refractivity contribution in [1.82, 2.24) is 24.7 Å². The van der Waals surface area contributed by atoms with Crippen LogP contribution in [0.2, 0.25) is 0 Å². The lowest BCUT2D eigenvalue weighted by molar-refractivity contribution is 0.630. The number of hydrogen-bond acceptors (Lipinski definition) is 3. The summed E-state index contributed by atoms with van der Waals surface area (Å²) in [5.74, 6) is 0.450. The normalized spacial score (nSPS) is 11.1. The molecule has 0 radical (unpaired) electrons. The van der Waals surface area contributed by atoms with Gasteiger partial charge in [0.25, 0.3) is 0 Å². The Labute approximate surface area is 119 Å². The predicted octanol–water partition coefficient (Wildman–Crippen LogP) is 2.95. The lowest BCUT2D eigenvalue weighted by Gasteiger charge is -2.01. The Kier molecular flexibility index (Phi) is 2.53. The first-order valence-electron chi connectivity index (χ1n) is 6.39. The van der Waals surface area contributed by atoms with E-state index in [1.165, 1.54) is 18.5 Å². The third-order valence-corrected chi connectivity index (χ3v) is 3.30. The molecule has 0 aliphatic rings. The quantitative estimate of drug-likeness (QED) is 0.613. The van der Waals surface area contributed by atoms with Gasteiger partial charge in [0, 0.05) is 28.4 Å². The zero-order valence-corrected chi connectivity index (χ0v) is 10.9. The first-order chi connectivity index (χ1) is 10.3. The van der Waals surface area contributed by atoms with Crippen molar-refractivity contribution in [1.29, 1.82) is 0 Å². The smallest absolute Gasteiger partial charge is 0.155 e. The number of H-pyrrole nitrogens is 1. The second-order valence-electron chi connectivity index (χ2n) is 4.66. The van der Waals surface area contributed by atoms with E-state index in [0.717, 1.165) is 22.2 Å². The monoisotopic (exact) mass is 279 g/mol. The van der Waals surface area contributed by atoms with Crippen LogP contribution in [-0.4, -0.2) is 24.7 Å². The van der Waals surface area contributed by atoms with Crippen molar-refractivity contribution in [3.63, 3.8) is 0 Å². The molecule has 0 fully saturated rings. The van der Waals surface area contributed by atoms with Crippen molar-refractivity contribution in [3.05, 3.63) is 61.1 Å². The maximum Gasteiger partial charge on any atom is 0.155 e. The van der Waals surface area contributed by atoms with E-state index >= 15 is 0 Å². The number of benzene rings is 1. The highest BCUT2D eigenvalue weighted by Crippen LogP contribution is 2.24. The molecule has 0 saturated heterocycles. The fourth-order valence-corrected chi connectivity index (χ4v) is 2.27. The summed E-state index contributed by atoms with van der Waals surface area (Å²) in [4.78, 5) is 11.5. The molecule has 21 heavy (non-hydrogen) atoms. The Morgan fingerprint density at radius 3 is 2.81 bits per heavy atom. The Balaban J connectivity index is 1.74. The maximum atomic E-state index is 13.2. The van der Waals surface area contributed by atoms with Crippen LogP contribution in [0.5, 0.6) is 0 Å². The van der Waals surface area contributed by atoms with Crippen LogP contribution in [0.1, 0.15) is 0 Å². The van der Waals surface area contributed by atoms with Crippen LogP contribution in [0.3, 0.4) is 0 Å². The average Bonchev–Trinajstić information content (AvgIpc) is 3.16. The van der Waals surface area contributed by atoms with E-state index in [9.17, 15) is 4.39 Å². The van der Waals surface area contributed by atoms with Crippen molar-refractivity contribution in [2.24, 2.45) is 0 Å². The second kappa shape index (κ2) is 4.52. The molecule has 3 heterocycles. The molecule has 6 heteroatoms. The van der Waals surface area contributed by atoms with Gasteiger partial charge in [-0.05, 0) is 36.4 Å². The molecular weight excluding hydrogens is 269 g/mol. The molecular formula is C15H10FN5. The summed E-state index contributed by atoms with van der Waals surface area (Å²) in [6.45, 7) is 0. The Morgan fingerprint density at radius 2 is 2.05 bits per heavy atom. The van der Waals surface area contributed by atoms with Crippen LogP contribution in [-0.2, 0) is 0 Å². The van der Waals surface area contributed by atoms with Crippen molar-refractivity contribution < 1.29 is 4.39 Å². The third-order valence-electron chi connectivity index (χ3n) is 3.30. The Bertz CT molecular complexity index is 894. The summed E-state index contributed by atoms with van der Waals surface area (Å²) < 4.78 is 14.8. The lowest BCUT2D eigenvalue weighted by Crippen LogP contribution is -1.97. The molecule has 1 N–H and O–H groups in total.